The summed E-state index contributed by atoms with van der Waals surface area (Å²) in [5.74, 6) is 3.61. The molecule has 0 amide bonds. The maximum absolute atomic E-state index is 10.3. The van der Waals surface area contributed by atoms with E-state index in [1.807, 2.05) is 49.4 Å². The molecule has 0 aliphatic carbocycles. The molecule has 1 aliphatic rings. The first-order valence-electron chi connectivity index (χ1n) is 9.60. The summed E-state index contributed by atoms with van der Waals surface area (Å²) in [6, 6.07) is 5.90. The number of aromatic nitrogens is 2. The van der Waals surface area contributed by atoms with Gasteiger partial charge in [-0.1, -0.05) is 6.07 Å². The van der Waals surface area contributed by atoms with Gasteiger partial charge in [0.2, 0.25) is 0 Å². The standard InChI is InChI=1S/C20H30N4O3S/c1-23-13-17(12-22-23)11-21-10-16-3-4-19(20(9-16)26-2)27-15-18(25)14-24-5-7-28-8-6-24/h3-4,9,12-13,18,21,25H,5-8,10-11,14-15H2,1-2H3/t18-/m1/s1. The lowest BCUT2D eigenvalue weighted by Gasteiger charge is -2.28. The zero-order valence-electron chi connectivity index (χ0n) is 16.6. The van der Waals surface area contributed by atoms with Crippen LogP contribution in [0.25, 0.3) is 0 Å². The lowest BCUT2D eigenvalue weighted by Crippen LogP contribution is -2.40. The number of benzene rings is 1. The molecule has 3 rings (SSSR count). The first-order valence-corrected chi connectivity index (χ1v) is 10.8. The molecule has 0 radical (unpaired) electrons. The number of ether oxygens (including phenoxy) is 2. The van der Waals surface area contributed by atoms with Crippen molar-refractivity contribution in [3.63, 3.8) is 0 Å². The van der Waals surface area contributed by atoms with Gasteiger partial charge in [0, 0.05) is 63.0 Å². The van der Waals surface area contributed by atoms with Gasteiger partial charge in [-0.15, -0.1) is 0 Å². The van der Waals surface area contributed by atoms with E-state index in [-0.39, 0.29) is 6.61 Å². The summed E-state index contributed by atoms with van der Waals surface area (Å²) in [4.78, 5) is 2.29. The largest absolute Gasteiger partial charge is 0.493 e. The Morgan fingerprint density at radius 3 is 2.71 bits per heavy atom. The minimum Gasteiger partial charge on any atom is -0.493 e. The van der Waals surface area contributed by atoms with Crippen molar-refractivity contribution in [3.05, 3.63) is 41.7 Å². The van der Waals surface area contributed by atoms with E-state index in [0.717, 1.165) is 48.8 Å². The SMILES string of the molecule is COc1cc(CNCc2cnn(C)c2)ccc1OC[C@H](O)CN1CCSCC1. The fraction of sp³-hybridized carbons (Fsp3) is 0.550. The molecule has 2 aromatic rings. The third-order valence-electron chi connectivity index (χ3n) is 4.65. The first kappa shape index (κ1) is 21.0. The molecule has 0 unspecified atom stereocenters. The van der Waals surface area contributed by atoms with Crippen LogP contribution in [0.15, 0.2) is 30.6 Å². The number of thioether (sulfide) groups is 1. The number of nitrogens with zero attached hydrogens (tertiary/aromatic N) is 3. The Morgan fingerprint density at radius 2 is 2.00 bits per heavy atom. The normalized spacial score (nSPS) is 16.1. The van der Waals surface area contributed by atoms with Crippen molar-refractivity contribution in [2.24, 2.45) is 7.05 Å². The third-order valence-corrected chi connectivity index (χ3v) is 5.59. The molecule has 8 heteroatoms. The van der Waals surface area contributed by atoms with E-state index in [4.69, 9.17) is 9.47 Å². The molecule has 1 aromatic heterocycles. The van der Waals surface area contributed by atoms with Crippen LogP contribution in [0.1, 0.15) is 11.1 Å². The first-order chi connectivity index (χ1) is 13.6. The minimum absolute atomic E-state index is 0.263. The second-order valence-corrected chi connectivity index (χ2v) is 8.21. The van der Waals surface area contributed by atoms with E-state index in [1.165, 1.54) is 0 Å². The molecule has 154 valence electrons. The van der Waals surface area contributed by atoms with Crippen molar-refractivity contribution in [2.75, 3.05) is 44.9 Å². The van der Waals surface area contributed by atoms with E-state index in [1.54, 1.807) is 11.8 Å². The molecule has 1 atom stereocenters. The van der Waals surface area contributed by atoms with Gasteiger partial charge in [-0.05, 0) is 17.7 Å². The molecule has 7 nitrogen and oxygen atoms in total. The van der Waals surface area contributed by atoms with Gasteiger partial charge in [0.05, 0.1) is 13.3 Å². The average molecular weight is 407 g/mol. The van der Waals surface area contributed by atoms with Crippen LogP contribution < -0.4 is 14.8 Å². The Balaban J connectivity index is 1.46. The quantitative estimate of drug-likeness (QED) is 0.620. The van der Waals surface area contributed by atoms with Crippen molar-refractivity contribution >= 4 is 11.8 Å². The number of hydrogen-bond acceptors (Lipinski definition) is 7. The summed E-state index contributed by atoms with van der Waals surface area (Å²) in [7, 11) is 3.55. The molecule has 2 N–H and O–H groups in total. The predicted octanol–water partition coefficient (Wildman–Crippen LogP) is 1.51. The minimum atomic E-state index is -0.506. The molecular formula is C20H30N4O3S. The van der Waals surface area contributed by atoms with E-state index >= 15 is 0 Å². The van der Waals surface area contributed by atoms with Crippen LogP contribution in [-0.4, -0.2) is 70.7 Å². The van der Waals surface area contributed by atoms with E-state index < -0.39 is 6.10 Å². The van der Waals surface area contributed by atoms with Crippen molar-refractivity contribution in [3.8, 4) is 11.5 Å². The number of hydrogen-bond donors (Lipinski definition) is 2. The Bertz CT molecular complexity index is 734. The van der Waals surface area contributed by atoms with Crippen LogP contribution in [0.2, 0.25) is 0 Å². The van der Waals surface area contributed by atoms with Crippen LogP contribution in [0.3, 0.4) is 0 Å². The lowest BCUT2D eigenvalue weighted by atomic mass is 10.2. The van der Waals surface area contributed by atoms with Gasteiger partial charge >= 0.3 is 0 Å². The highest BCUT2D eigenvalue weighted by Gasteiger charge is 2.16. The van der Waals surface area contributed by atoms with E-state index in [9.17, 15) is 5.11 Å². The monoisotopic (exact) mass is 406 g/mol. The van der Waals surface area contributed by atoms with Crippen molar-refractivity contribution in [1.82, 2.24) is 20.0 Å². The summed E-state index contributed by atoms with van der Waals surface area (Å²) in [5, 5.41) is 17.8. The molecule has 0 spiro atoms. The maximum atomic E-state index is 10.3. The zero-order valence-corrected chi connectivity index (χ0v) is 17.5. The molecular weight excluding hydrogens is 376 g/mol. The molecule has 0 bridgehead atoms. The van der Waals surface area contributed by atoms with Crippen LogP contribution in [0.5, 0.6) is 11.5 Å². The maximum Gasteiger partial charge on any atom is 0.161 e. The Hall–Kier alpha value is -1.74. The van der Waals surface area contributed by atoms with Gasteiger partial charge in [0.25, 0.3) is 0 Å². The van der Waals surface area contributed by atoms with Crippen molar-refractivity contribution < 1.29 is 14.6 Å². The van der Waals surface area contributed by atoms with Gasteiger partial charge in [-0.3, -0.25) is 9.58 Å². The van der Waals surface area contributed by atoms with Gasteiger partial charge in [-0.25, -0.2) is 0 Å². The van der Waals surface area contributed by atoms with Gasteiger partial charge < -0.3 is 19.9 Å². The van der Waals surface area contributed by atoms with Gasteiger partial charge in [0.1, 0.15) is 12.7 Å². The number of methoxy groups -OCH3 is 1. The third kappa shape index (κ3) is 6.41. The molecule has 1 fully saturated rings. The highest BCUT2D eigenvalue weighted by atomic mass is 32.2. The summed E-state index contributed by atoms with van der Waals surface area (Å²) >= 11 is 1.97. The highest BCUT2D eigenvalue weighted by molar-refractivity contribution is 7.99. The fourth-order valence-electron chi connectivity index (χ4n) is 3.18. The van der Waals surface area contributed by atoms with Crippen molar-refractivity contribution in [1.29, 1.82) is 0 Å². The topological polar surface area (TPSA) is 71.8 Å². The molecule has 2 heterocycles. The number of rotatable bonds is 10. The molecule has 1 saturated heterocycles. The fourth-order valence-corrected chi connectivity index (χ4v) is 4.15. The average Bonchev–Trinajstić information content (AvgIpc) is 3.12. The number of aliphatic hydroxyl groups excluding tert-OH is 1. The van der Waals surface area contributed by atoms with Crippen LogP contribution in [0.4, 0.5) is 0 Å². The smallest absolute Gasteiger partial charge is 0.161 e. The van der Waals surface area contributed by atoms with E-state index in [2.05, 4.69) is 15.3 Å². The molecule has 1 aromatic carbocycles. The van der Waals surface area contributed by atoms with Crippen LogP contribution in [0, 0.1) is 0 Å². The number of β-amino-alcohol motifs (C(OH)–C–C–N with tert-alkyl or cyclic N) is 1. The van der Waals surface area contributed by atoms with Crippen LogP contribution >= 0.6 is 11.8 Å². The van der Waals surface area contributed by atoms with Gasteiger partial charge in [0.15, 0.2) is 11.5 Å². The number of aliphatic hydroxyl groups is 1. The molecule has 0 saturated carbocycles. The summed E-state index contributed by atoms with van der Waals surface area (Å²) < 4.78 is 13.1. The van der Waals surface area contributed by atoms with Gasteiger partial charge in [-0.2, -0.15) is 16.9 Å². The van der Waals surface area contributed by atoms with Crippen molar-refractivity contribution in [2.45, 2.75) is 19.2 Å². The summed E-state index contributed by atoms with van der Waals surface area (Å²) in [6.07, 6.45) is 3.35. The molecule has 28 heavy (non-hydrogen) atoms. The second-order valence-electron chi connectivity index (χ2n) is 6.99. The predicted molar refractivity (Wildman–Crippen MR) is 112 cm³/mol. The van der Waals surface area contributed by atoms with Crippen LogP contribution in [-0.2, 0) is 20.1 Å². The lowest BCUT2D eigenvalue weighted by molar-refractivity contribution is 0.0705. The zero-order chi connectivity index (χ0) is 19.8. The Morgan fingerprint density at radius 1 is 1.21 bits per heavy atom. The number of nitrogens with one attached hydrogen (secondary N) is 1. The summed E-state index contributed by atoms with van der Waals surface area (Å²) in [6.45, 7) is 4.46. The second kappa shape index (κ2) is 10.7. The highest BCUT2D eigenvalue weighted by Crippen LogP contribution is 2.28. The Labute approximate surface area is 171 Å². The number of aryl methyl sites for hydroxylation is 1. The molecule has 1 aliphatic heterocycles. The van der Waals surface area contributed by atoms with E-state index in [0.29, 0.717) is 18.0 Å². The Kier molecular flexibility index (Phi) is 8.02. The summed E-state index contributed by atoms with van der Waals surface area (Å²) in [5.41, 5.74) is 2.26.